The highest BCUT2D eigenvalue weighted by molar-refractivity contribution is 5.17. The SMILES string of the molecule is CCN(CC)/C(C=C(N)N)=C/[NH3+]. The zero-order chi connectivity index (χ0) is 9.56. The van der Waals surface area contributed by atoms with Gasteiger partial charge in [-0.1, -0.05) is 0 Å². The molecule has 0 fully saturated rings. The zero-order valence-corrected chi connectivity index (χ0v) is 7.88. The molecule has 0 rings (SSSR count). The van der Waals surface area contributed by atoms with Crippen LogP contribution in [-0.4, -0.2) is 18.0 Å². The predicted octanol–water partition coefficient (Wildman–Crippen LogP) is -0.830. The second kappa shape index (κ2) is 5.49. The minimum atomic E-state index is 0.316. The molecule has 0 amide bonds. The van der Waals surface area contributed by atoms with Gasteiger partial charge in [0.2, 0.25) is 0 Å². The van der Waals surface area contributed by atoms with Crippen molar-refractivity contribution in [2.24, 2.45) is 11.5 Å². The number of likely N-dealkylation sites (N-methyl/N-ethyl adjacent to an activating group) is 1. The van der Waals surface area contributed by atoms with Crippen LogP contribution in [0.5, 0.6) is 0 Å². The molecular weight excluding hydrogens is 152 g/mol. The summed E-state index contributed by atoms with van der Waals surface area (Å²) in [7, 11) is 0. The molecule has 0 aromatic carbocycles. The van der Waals surface area contributed by atoms with E-state index in [1.807, 2.05) is 0 Å². The maximum Gasteiger partial charge on any atom is 0.115 e. The molecule has 4 nitrogen and oxygen atoms in total. The van der Waals surface area contributed by atoms with Crippen LogP contribution in [-0.2, 0) is 0 Å². The molecule has 0 atom stereocenters. The number of hydrogen-bond acceptors (Lipinski definition) is 3. The summed E-state index contributed by atoms with van der Waals surface area (Å²) in [5.41, 5.74) is 15.4. The van der Waals surface area contributed by atoms with Crippen LogP contribution in [0.2, 0.25) is 0 Å². The van der Waals surface area contributed by atoms with E-state index in [2.05, 4.69) is 24.5 Å². The summed E-state index contributed by atoms with van der Waals surface area (Å²) >= 11 is 0. The fraction of sp³-hybridized carbons (Fsp3) is 0.500. The van der Waals surface area contributed by atoms with Gasteiger partial charge in [0.1, 0.15) is 6.20 Å². The van der Waals surface area contributed by atoms with Crippen LogP contribution in [0.25, 0.3) is 0 Å². The molecule has 7 N–H and O–H groups in total. The molecule has 70 valence electrons. The number of rotatable bonds is 4. The third kappa shape index (κ3) is 3.30. The molecule has 0 saturated carbocycles. The summed E-state index contributed by atoms with van der Waals surface area (Å²) in [6, 6.07) is 0. The fourth-order valence-corrected chi connectivity index (χ4v) is 1.04. The number of nitrogens with zero attached hydrogens (tertiary/aromatic N) is 1. The highest BCUT2D eigenvalue weighted by atomic mass is 15.1. The first-order valence-corrected chi connectivity index (χ1v) is 4.12. The van der Waals surface area contributed by atoms with Crippen molar-refractivity contribution in [3.05, 3.63) is 23.8 Å². The minimum Gasteiger partial charge on any atom is -0.386 e. The molecule has 12 heavy (non-hydrogen) atoms. The topological polar surface area (TPSA) is 82.9 Å². The van der Waals surface area contributed by atoms with Crippen molar-refractivity contribution >= 4 is 0 Å². The molecule has 0 aliphatic carbocycles. The van der Waals surface area contributed by atoms with Gasteiger partial charge in [0, 0.05) is 19.2 Å². The lowest BCUT2D eigenvalue weighted by atomic mass is 10.3. The first kappa shape index (κ1) is 10.8. The standard InChI is InChI=1S/C8H18N4/c1-3-12(4-2)7(6-9)5-8(10)11/h5-6H,3-4,9-11H2,1-2H3/p+1/b7-6+. The molecule has 0 spiro atoms. The Morgan fingerprint density at radius 2 is 1.83 bits per heavy atom. The van der Waals surface area contributed by atoms with E-state index < -0.39 is 0 Å². The molecule has 4 heteroatoms. The zero-order valence-electron chi connectivity index (χ0n) is 7.88. The van der Waals surface area contributed by atoms with Gasteiger partial charge in [0.25, 0.3) is 0 Å². The van der Waals surface area contributed by atoms with Gasteiger partial charge in [-0.15, -0.1) is 0 Å². The van der Waals surface area contributed by atoms with Crippen molar-refractivity contribution in [2.75, 3.05) is 13.1 Å². The summed E-state index contributed by atoms with van der Waals surface area (Å²) in [6.07, 6.45) is 3.48. The molecule has 0 saturated heterocycles. The third-order valence-corrected chi connectivity index (χ3v) is 1.65. The Labute approximate surface area is 73.7 Å². The Morgan fingerprint density at radius 1 is 1.33 bits per heavy atom. The lowest BCUT2D eigenvalue weighted by Gasteiger charge is -2.20. The van der Waals surface area contributed by atoms with Gasteiger partial charge in [-0.3, -0.25) is 0 Å². The van der Waals surface area contributed by atoms with Crippen LogP contribution in [0.3, 0.4) is 0 Å². The maximum atomic E-state index is 5.36. The fourth-order valence-electron chi connectivity index (χ4n) is 1.04. The monoisotopic (exact) mass is 171 g/mol. The van der Waals surface area contributed by atoms with Crippen LogP contribution in [0.4, 0.5) is 0 Å². The van der Waals surface area contributed by atoms with E-state index in [-0.39, 0.29) is 0 Å². The molecular formula is C8H19N4+. The Hall–Kier alpha value is -1.16. The molecule has 0 heterocycles. The molecule has 0 aliphatic rings. The molecule has 0 aromatic rings. The first-order valence-electron chi connectivity index (χ1n) is 4.12. The average Bonchev–Trinajstić information content (AvgIpc) is 2.04. The van der Waals surface area contributed by atoms with E-state index in [1.165, 1.54) is 0 Å². The van der Waals surface area contributed by atoms with Gasteiger partial charge in [-0.25, -0.2) is 0 Å². The number of hydrogen-bond donors (Lipinski definition) is 3. The van der Waals surface area contributed by atoms with Crippen molar-refractivity contribution < 1.29 is 5.73 Å². The Bertz CT molecular complexity index is 175. The molecule has 0 aliphatic heterocycles. The number of quaternary nitrogens is 1. The molecule has 0 radical (unpaired) electrons. The smallest absolute Gasteiger partial charge is 0.115 e. The van der Waals surface area contributed by atoms with Gasteiger partial charge in [0.15, 0.2) is 0 Å². The number of allylic oxidation sites excluding steroid dienone is 1. The first-order chi connectivity index (χ1) is 5.65. The highest BCUT2D eigenvalue weighted by Crippen LogP contribution is 2.03. The molecule has 0 aromatic heterocycles. The maximum absolute atomic E-state index is 5.36. The Balaban J connectivity index is 4.45. The van der Waals surface area contributed by atoms with Gasteiger partial charge in [-0.2, -0.15) is 0 Å². The average molecular weight is 171 g/mol. The van der Waals surface area contributed by atoms with Gasteiger partial charge < -0.3 is 22.1 Å². The van der Waals surface area contributed by atoms with Crippen LogP contribution in [0.1, 0.15) is 13.8 Å². The lowest BCUT2D eigenvalue weighted by molar-refractivity contribution is -0.277. The van der Waals surface area contributed by atoms with Crippen molar-refractivity contribution in [2.45, 2.75) is 13.8 Å². The number of nitrogens with two attached hydrogens (primary N) is 2. The van der Waals surface area contributed by atoms with Crippen molar-refractivity contribution in [1.29, 1.82) is 0 Å². The summed E-state index contributed by atoms with van der Waals surface area (Å²) in [6.45, 7) is 6.02. The predicted molar refractivity (Wildman–Crippen MR) is 50.3 cm³/mol. The Kier molecular flexibility index (Phi) is 4.96. The third-order valence-electron chi connectivity index (χ3n) is 1.65. The van der Waals surface area contributed by atoms with Crippen molar-refractivity contribution in [3.8, 4) is 0 Å². The van der Waals surface area contributed by atoms with E-state index in [0.29, 0.717) is 5.82 Å². The summed E-state index contributed by atoms with van der Waals surface area (Å²) in [4.78, 5) is 2.13. The van der Waals surface area contributed by atoms with E-state index in [1.54, 1.807) is 12.3 Å². The normalized spacial score (nSPS) is 11.1. The van der Waals surface area contributed by atoms with Crippen molar-refractivity contribution in [1.82, 2.24) is 4.90 Å². The quantitative estimate of drug-likeness (QED) is 0.483. The minimum absolute atomic E-state index is 0.316. The largest absolute Gasteiger partial charge is 0.386 e. The second-order valence-electron chi connectivity index (χ2n) is 2.45. The van der Waals surface area contributed by atoms with Crippen LogP contribution in [0, 0.1) is 0 Å². The van der Waals surface area contributed by atoms with Crippen molar-refractivity contribution in [3.63, 3.8) is 0 Å². The van der Waals surface area contributed by atoms with E-state index in [4.69, 9.17) is 11.5 Å². The van der Waals surface area contributed by atoms with Gasteiger partial charge >= 0.3 is 0 Å². The van der Waals surface area contributed by atoms with Gasteiger partial charge in [0.05, 0.1) is 11.5 Å². The Morgan fingerprint density at radius 3 is 2.08 bits per heavy atom. The van der Waals surface area contributed by atoms with E-state index in [9.17, 15) is 0 Å². The van der Waals surface area contributed by atoms with Crippen LogP contribution in [0.15, 0.2) is 23.8 Å². The van der Waals surface area contributed by atoms with E-state index >= 15 is 0 Å². The van der Waals surface area contributed by atoms with Crippen LogP contribution >= 0.6 is 0 Å². The van der Waals surface area contributed by atoms with Crippen LogP contribution < -0.4 is 17.2 Å². The van der Waals surface area contributed by atoms with E-state index in [0.717, 1.165) is 18.8 Å². The summed E-state index contributed by atoms with van der Waals surface area (Å²) in [5, 5.41) is 0. The molecule has 0 bridgehead atoms. The molecule has 0 unspecified atom stereocenters. The lowest BCUT2D eigenvalue weighted by Crippen LogP contribution is -2.42. The summed E-state index contributed by atoms with van der Waals surface area (Å²) < 4.78 is 0. The van der Waals surface area contributed by atoms with Gasteiger partial charge in [-0.05, 0) is 13.8 Å². The summed E-state index contributed by atoms with van der Waals surface area (Å²) in [5.74, 6) is 0.316. The second-order valence-corrected chi connectivity index (χ2v) is 2.45. The highest BCUT2D eigenvalue weighted by Gasteiger charge is 2.02.